The summed E-state index contributed by atoms with van der Waals surface area (Å²) in [6.45, 7) is 2.97. The van der Waals surface area contributed by atoms with Crippen LogP contribution in [0.2, 0.25) is 0 Å². The first-order chi connectivity index (χ1) is 14.9. The summed E-state index contributed by atoms with van der Waals surface area (Å²) in [6, 6.07) is 14.2. The minimum atomic E-state index is -0.761. The number of ether oxygens (including phenoxy) is 1. The van der Waals surface area contributed by atoms with Crippen molar-refractivity contribution in [1.82, 2.24) is 5.32 Å². The topological polar surface area (TPSA) is 102 Å². The van der Waals surface area contributed by atoms with Crippen molar-refractivity contribution in [1.29, 1.82) is 0 Å². The highest BCUT2D eigenvalue weighted by Gasteiger charge is 2.24. The minimum absolute atomic E-state index is 0.0552. The number of benzene rings is 2. The minimum Gasteiger partial charge on any atom is -0.452 e. The lowest BCUT2D eigenvalue weighted by molar-refractivity contribution is -0.384. The van der Waals surface area contributed by atoms with E-state index in [1.54, 1.807) is 6.07 Å². The van der Waals surface area contributed by atoms with Crippen molar-refractivity contribution >= 4 is 23.3 Å². The second kappa shape index (κ2) is 10.6. The maximum absolute atomic E-state index is 12.3. The first-order valence-corrected chi connectivity index (χ1v) is 10.5. The van der Waals surface area contributed by atoms with Crippen LogP contribution >= 0.6 is 0 Å². The molecule has 1 aliphatic heterocycles. The van der Waals surface area contributed by atoms with Gasteiger partial charge in [-0.15, -0.1) is 0 Å². The SMILES string of the molecule is C[C@H](CCc1ccccc1)NC(=O)COC(=O)c1ccc(N2CCCC2)c([N+](=O)[O-])c1. The first kappa shape index (κ1) is 22.3. The molecule has 0 bridgehead atoms. The van der Waals surface area contributed by atoms with Crippen LogP contribution in [0.3, 0.4) is 0 Å². The summed E-state index contributed by atoms with van der Waals surface area (Å²) in [6.07, 6.45) is 3.56. The maximum Gasteiger partial charge on any atom is 0.338 e. The van der Waals surface area contributed by atoms with Crippen molar-refractivity contribution in [2.75, 3.05) is 24.6 Å². The fourth-order valence-electron chi connectivity index (χ4n) is 3.65. The van der Waals surface area contributed by atoms with E-state index in [-0.39, 0.29) is 17.3 Å². The molecule has 2 aromatic carbocycles. The van der Waals surface area contributed by atoms with E-state index in [0.717, 1.165) is 38.8 Å². The molecule has 0 aliphatic carbocycles. The Morgan fingerprint density at radius 1 is 1.16 bits per heavy atom. The summed E-state index contributed by atoms with van der Waals surface area (Å²) >= 11 is 0. The summed E-state index contributed by atoms with van der Waals surface area (Å²) in [7, 11) is 0. The lowest BCUT2D eigenvalue weighted by atomic mass is 10.1. The molecule has 2 aromatic rings. The number of nitro groups is 1. The summed E-state index contributed by atoms with van der Waals surface area (Å²) in [4.78, 5) is 37.3. The number of rotatable bonds is 9. The molecule has 8 nitrogen and oxygen atoms in total. The highest BCUT2D eigenvalue weighted by Crippen LogP contribution is 2.31. The van der Waals surface area contributed by atoms with Gasteiger partial charge in [0.25, 0.3) is 11.6 Å². The lowest BCUT2D eigenvalue weighted by Gasteiger charge is -2.17. The van der Waals surface area contributed by atoms with E-state index in [1.807, 2.05) is 42.2 Å². The van der Waals surface area contributed by atoms with Gasteiger partial charge in [-0.25, -0.2) is 4.79 Å². The second-order valence-corrected chi connectivity index (χ2v) is 7.72. The van der Waals surface area contributed by atoms with Crippen LogP contribution in [0.25, 0.3) is 0 Å². The third-order valence-corrected chi connectivity index (χ3v) is 5.31. The summed E-state index contributed by atoms with van der Waals surface area (Å²) in [5.74, 6) is -1.17. The fourth-order valence-corrected chi connectivity index (χ4v) is 3.65. The standard InChI is InChI=1S/C23H27N3O5/c1-17(9-10-18-7-3-2-4-8-18)24-22(27)16-31-23(28)19-11-12-20(21(15-19)26(29)30)25-13-5-6-14-25/h2-4,7-8,11-12,15,17H,5-6,9-10,13-14,16H2,1H3,(H,24,27)/t17-/m1/s1. The number of hydrogen-bond acceptors (Lipinski definition) is 6. The Bertz CT molecular complexity index is 926. The Kier molecular flexibility index (Phi) is 7.59. The van der Waals surface area contributed by atoms with Crippen molar-refractivity contribution in [3.05, 3.63) is 69.8 Å². The van der Waals surface area contributed by atoms with E-state index in [0.29, 0.717) is 5.69 Å². The Hall–Kier alpha value is -3.42. The van der Waals surface area contributed by atoms with Gasteiger partial charge in [0.05, 0.1) is 10.5 Å². The van der Waals surface area contributed by atoms with Gasteiger partial charge >= 0.3 is 5.97 Å². The fraction of sp³-hybridized carbons (Fsp3) is 0.391. The lowest BCUT2D eigenvalue weighted by Crippen LogP contribution is -2.36. The first-order valence-electron chi connectivity index (χ1n) is 10.5. The molecule has 0 spiro atoms. The van der Waals surface area contributed by atoms with E-state index in [1.165, 1.54) is 17.7 Å². The van der Waals surface area contributed by atoms with Crippen molar-refractivity contribution in [2.45, 2.75) is 38.6 Å². The zero-order valence-electron chi connectivity index (χ0n) is 17.6. The van der Waals surface area contributed by atoms with Crippen molar-refractivity contribution in [2.24, 2.45) is 0 Å². The van der Waals surface area contributed by atoms with Gasteiger partial charge in [-0.05, 0) is 50.3 Å². The number of nitrogens with zero attached hydrogens (tertiary/aromatic N) is 2. The quantitative estimate of drug-likeness (QED) is 0.375. The van der Waals surface area contributed by atoms with Crippen LogP contribution in [0.4, 0.5) is 11.4 Å². The predicted octanol–water partition coefficient (Wildman–Crippen LogP) is 3.49. The third kappa shape index (κ3) is 6.28. The number of nitro benzene ring substituents is 1. The number of nitrogens with one attached hydrogen (secondary N) is 1. The molecule has 1 atom stereocenters. The van der Waals surface area contributed by atoms with E-state index < -0.39 is 23.4 Å². The van der Waals surface area contributed by atoms with Gasteiger partial charge in [-0.2, -0.15) is 0 Å². The van der Waals surface area contributed by atoms with Crippen LogP contribution < -0.4 is 10.2 Å². The molecule has 0 radical (unpaired) electrons. The summed E-state index contributed by atoms with van der Waals surface area (Å²) in [5.41, 5.74) is 1.62. The average molecular weight is 425 g/mol. The predicted molar refractivity (Wildman–Crippen MR) is 117 cm³/mol. The Balaban J connectivity index is 1.50. The number of carbonyl (C=O) groups excluding carboxylic acids is 2. The smallest absolute Gasteiger partial charge is 0.338 e. The van der Waals surface area contributed by atoms with Crippen LogP contribution in [0.5, 0.6) is 0 Å². The Labute approximate surface area is 181 Å². The van der Waals surface area contributed by atoms with Gasteiger partial charge < -0.3 is 15.0 Å². The molecule has 1 N–H and O–H groups in total. The van der Waals surface area contributed by atoms with Crippen molar-refractivity contribution in [3.63, 3.8) is 0 Å². The molecular weight excluding hydrogens is 398 g/mol. The van der Waals surface area contributed by atoms with Gasteiger partial charge in [0.1, 0.15) is 5.69 Å². The zero-order chi connectivity index (χ0) is 22.2. The zero-order valence-corrected chi connectivity index (χ0v) is 17.6. The van der Waals surface area contributed by atoms with Crippen LogP contribution in [-0.2, 0) is 16.0 Å². The number of hydrogen-bond donors (Lipinski definition) is 1. The molecule has 1 aliphatic rings. The average Bonchev–Trinajstić information content (AvgIpc) is 3.31. The Morgan fingerprint density at radius 2 is 1.87 bits per heavy atom. The highest BCUT2D eigenvalue weighted by atomic mass is 16.6. The van der Waals surface area contributed by atoms with E-state index in [4.69, 9.17) is 4.74 Å². The van der Waals surface area contributed by atoms with Gasteiger partial charge in [0.15, 0.2) is 6.61 Å². The molecule has 3 rings (SSSR count). The molecular formula is C23H27N3O5. The number of carbonyl (C=O) groups is 2. The Morgan fingerprint density at radius 3 is 2.55 bits per heavy atom. The normalized spacial score (nSPS) is 14.2. The largest absolute Gasteiger partial charge is 0.452 e. The third-order valence-electron chi connectivity index (χ3n) is 5.31. The molecule has 1 fully saturated rings. The summed E-state index contributed by atoms with van der Waals surface area (Å²) < 4.78 is 5.07. The molecule has 164 valence electrons. The molecule has 0 aromatic heterocycles. The number of amides is 1. The van der Waals surface area contributed by atoms with Crippen molar-refractivity contribution < 1.29 is 19.2 Å². The van der Waals surface area contributed by atoms with Gasteiger partial charge in [0, 0.05) is 25.2 Å². The van der Waals surface area contributed by atoms with Crippen LogP contribution in [-0.4, -0.2) is 42.5 Å². The molecule has 8 heteroatoms. The van der Waals surface area contributed by atoms with Crippen LogP contribution in [0.15, 0.2) is 48.5 Å². The molecule has 0 unspecified atom stereocenters. The number of aryl methyl sites for hydroxylation is 1. The second-order valence-electron chi connectivity index (χ2n) is 7.72. The maximum atomic E-state index is 12.3. The summed E-state index contributed by atoms with van der Waals surface area (Å²) in [5, 5.41) is 14.3. The highest BCUT2D eigenvalue weighted by molar-refractivity contribution is 5.93. The van der Waals surface area contributed by atoms with E-state index >= 15 is 0 Å². The molecule has 0 saturated carbocycles. The van der Waals surface area contributed by atoms with Gasteiger partial charge in [-0.3, -0.25) is 14.9 Å². The molecule has 1 heterocycles. The van der Waals surface area contributed by atoms with Gasteiger partial charge in [-0.1, -0.05) is 30.3 Å². The van der Waals surface area contributed by atoms with Crippen molar-refractivity contribution in [3.8, 4) is 0 Å². The van der Waals surface area contributed by atoms with Crippen LogP contribution in [0, 0.1) is 10.1 Å². The monoisotopic (exact) mass is 425 g/mol. The molecule has 1 amide bonds. The van der Waals surface area contributed by atoms with Crippen LogP contribution in [0.1, 0.15) is 42.1 Å². The van der Waals surface area contributed by atoms with E-state index in [2.05, 4.69) is 5.32 Å². The van der Waals surface area contributed by atoms with E-state index in [9.17, 15) is 19.7 Å². The molecule has 1 saturated heterocycles. The van der Waals surface area contributed by atoms with Gasteiger partial charge in [0.2, 0.25) is 0 Å². The number of anilines is 1. The molecule has 31 heavy (non-hydrogen) atoms. The number of esters is 1.